The van der Waals surface area contributed by atoms with E-state index in [-0.39, 0.29) is 30.3 Å². The van der Waals surface area contributed by atoms with E-state index in [4.69, 9.17) is 21.1 Å². The molecule has 0 saturated carbocycles. The van der Waals surface area contributed by atoms with Crippen LogP contribution >= 0.6 is 11.6 Å². The van der Waals surface area contributed by atoms with Crippen molar-refractivity contribution in [1.29, 1.82) is 0 Å². The molecule has 9 heteroatoms. The lowest BCUT2D eigenvalue weighted by Crippen LogP contribution is -2.32. The summed E-state index contributed by atoms with van der Waals surface area (Å²) in [6, 6.07) is 5.90. The fourth-order valence-electron chi connectivity index (χ4n) is 2.90. The van der Waals surface area contributed by atoms with Crippen molar-refractivity contribution in [1.82, 2.24) is 9.47 Å². The fraction of sp³-hybridized carbons (Fsp3) is 0.381. The average Bonchev–Trinajstić information content (AvgIpc) is 2.97. The van der Waals surface area contributed by atoms with Crippen molar-refractivity contribution in [2.24, 2.45) is 0 Å². The number of rotatable bonds is 8. The number of ether oxygens (including phenoxy) is 2. The number of esters is 2. The number of hydrogen-bond acceptors (Lipinski definition) is 5. The lowest BCUT2D eigenvalue weighted by atomic mass is 10.2. The zero-order valence-corrected chi connectivity index (χ0v) is 18.1. The van der Waals surface area contributed by atoms with Gasteiger partial charge in [0.1, 0.15) is 12.4 Å². The van der Waals surface area contributed by atoms with Gasteiger partial charge in [0.25, 0.3) is 5.91 Å². The Kier molecular flexibility index (Phi) is 8.00. The first-order valence-corrected chi connectivity index (χ1v) is 9.69. The number of likely N-dealkylation sites (N-methyl/N-ethyl adjacent to an activating group) is 1. The van der Waals surface area contributed by atoms with Crippen LogP contribution in [0.1, 0.15) is 34.2 Å². The standard InChI is InChI=1S/C21H24ClFN2O5/c1-5-29-21(28)15-9-13(2)25(14(15)3)11-20(27)30-12-19(26)24(4)10-16-17(22)7-6-8-18(16)23/h6-9H,5,10-12H2,1-4H3. The second-order valence-corrected chi connectivity index (χ2v) is 7.11. The third-order valence-corrected chi connectivity index (χ3v) is 4.95. The number of halogens is 2. The minimum absolute atomic E-state index is 0.0550. The highest BCUT2D eigenvalue weighted by Crippen LogP contribution is 2.20. The van der Waals surface area contributed by atoms with E-state index in [0.717, 1.165) is 0 Å². The first-order valence-electron chi connectivity index (χ1n) is 9.32. The summed E-state index contributed by atoms with van der Waals surface area (Å²) < 4.78 is 25.5. The third kappa shape index (κ3) is 5.60. The van der Waals surface area contributed by atoms with Gasteiger partial charge in [-0.05, 0) is 39.0 Å². The quantitative estimate of drug-likeness (QED) is 0.591. The van der Waals surface area contributed by atoms with E-state index in [2.05, 4.69) is 0 Å². The van der Waals surface area contributed by atoms with Crippen molar-refractivity contribution in [3.8, 4) is 0 Å². The van der Waals surface area contributed by atoms with Crippen molar-refractivity contribution in [3.63, 3.8) is 0 Å². The molecule has 2 rings (SSSR count). The summed E-state index contributed by atoms with van der Waals surface area (Å²) in [5.41, 5.74) is 1.82. The van der Waals surface area contributed by atoms with E-state index in [0.29, 0.717) is 17.0 Å². The minimum Gasteiger partial charge on any atom is -0.462 e. The lowest BCUT2D eigenvalue weighted by molar-refractivity contribution is -0.152. The van der Waals surface area contributed by atoms with Gasteiger partial charge in [-0.2, -0.15) is 0 Å². The Morgan fingerprint density at radius 3 is 2.53 bits per heavy atom. The summed E-state index contributed by atoms with van der Waals surface area (Å²) in [5.74, 6) is -2.13. The molecule has 0 aliphatic heterocycles. The molecule has 1 heterocycles. The predicted molar refractivity (Wildman–Crippen MR) is 109 cm³/mol. The number of carbonyl (C=O) groups is 3. The molecule has 1 amide bonds. The summed E-state index contributed by atoms with van der Waals surface area (Å²) in [5, 5.41) is 0.211. The van der Waals surface area contributed by atoms with Crippen LogP contribution in [0.2, 0.25) is 5.02 Å². The van der Waals surface area contributed by atoms with E-state index < -0.39 is 30.3 Å². The SMILES string of the molecule is CCOC(=O)c1cc(C)n(CC(=O)OCC(=O)N(C)Cc2c(F)cccc2Cl)c1C. The molecule has 0 spiro atoms. The molecular formula is C21H24ClFN2O5. The molecule has 162 valence electrons. The molecule has 2 aromatic rings. The summed E-state index contributed by atoms with van der Waals surface area (Å²) >= 11 is 5.97. The summed E-state index contributed by atoms with van der Waals surface area (Å²) in [4.78, 5) is 37.6. The molecule has 0 fully saturated rings. The minimum atomic E-state index is -0.641. The van der Waals surface area contributed by atoms with Crippen LogP contribution in [0.4, 0.5) is 4.39 Å². The van der Waals surface area contributed by atoms with Gasteiger partial charge in [-0.15, -0.1) is 0 Å². The topological polar surface area (TPSA) is 77.8 Å². The summed E-state index contributed by atoms with van der Waals surface area (Å²) in [6.07, 6.45) is 0. The Hall–Kier alpha value is -2.87. The van der Waals surface area contributed by atoms with Crippen LogP contribution in [0.3, 0.4) is 0 Å². The summed E-state index contributed by atoms with van der Waals surface area (Å²) in [7, 11) is 1.46. The number of aromatic nitrogens is 1. The number of aryl methyl sites for hydroxylation is 1. The van der Waals surface area contributed by atoms with Gasteiger partial charge in [-0.3, -0.25) is 9.59 Å². The molecular weight excluding hydrogens is 415 g/mol. The van der Waals surface area contributed by atoms with Gasteiger partial charge < -0.3 is 18.9 Å². The van der Waals surface area contributed by atoms with Crippen molar-refractivity contribution in [2.75, 3.05) is 20.3 Å². The highest BCUT2D eigenvalue weighted by molar-refractivity contribution is 6.31. The third-order valence-electron chi connectivity index (χ3n) is 4.60. The van der Waals surface area contributed by atoms with Crippen LogP contribution < -0.4 is 0 Å². The Bertz CT molecular complexity index is 937. The van der Waals surface area contributed by atoms with Crippen LogP contribution in [-0.4, -0.2) is 47.6 Å². The molecule has 30 heavy (non-hydrogen) atoms. The molecule has 0 atom stereocenters. The van der Waals surface area contributed by atoms with Crippen molar-refractivity contribution >= 4 is 29.4 Å². The maximum Gasteiger partial charge on any atom is 0.339 e. The molecule has 0 N–H and O–H groups in total. The van der Waals surface area contributed by atoms with Gasteiger partial charge in [0.2, 0.25) is 0 Å². The molecule has 0 unspecified atom stereocenters. The molecule has 0 aliphatic carbocycles. The number of amides is 1. The van der Waals surface area contributed by atoms with Crippen molar-refractivity contribution < 1.29 is 28.2 Å². The predicted octanol–water partition coefficient (Wildman–Crippen LogP) is 3.28. The fourth-order valence-corrected chi connectivity index (χ4v) is 3.12. The maximum atomic E-state index is 13.9. The number of nitrogens with zero attached hydrogens (tertiary/aromatic N) is 2. The summed E-state index contributed by atoms with van der Waals surface area (Å²) in [6.45, 7) is 4.70. The van der Waals surface area contributed by atoms with Gasteiger partial charge in [0.05, 0.1) is 12.2 Å². The van der Waals surface area contributed by atoms with Gasteiger partial charge in [0.15, 0.2) is 6.61 Å². The molecule has 1 aromatic heterocycles. The maximum absolute atomic E-state index is 13.9. The monoisotopic (exact) mass is 438 g/mol. The van der Waals surface area contributed by atoms with E-state index in [1.165, 1.54) is 30.1 Å². The Labute approximate surface area is 179 Å². The van der Waals surface area contributed by atoms with Gasteiger partial charge in [-0.25, -0.2) is 9.18 Å². The zero-order chi connectivity index (χ0) is 22.4. The first kappa shape index (κ1) is 23.4. The zero-order valence-electron chi connectivity index (χ0n) is 17.3. The smallest absolute Gasteiger partial charge is 0.339 e. The molecule has 1 aromatic carbocycles. The number of benzene rings is 1. The average molecular weight is 439 g/mol. The van der Waals surface area contributed by atoms with Gasteiger partial charge in [0, 0.05) is 35.6 Å². The van der Waals surface area contributed by atoms with E-state index in [9.17, 15) is 18.8 Å². The van der Waals surface area contributed by atoms with Crippen molar-refractivity contribution in [3.05, 3.63) is 57.6 Å². The molecule has 0 radical (unpaired) electrons. The number of hydrogen-bond donors (Lipinski definition) is 0. The molecule has 0 aliphatic rings. The Balaban J connectivity index is 1.94. The van der Waals surface area contributed by atoms with Crippen LogP contribution in [-0.2, 0) is 32.2 Å². The van der Waals surface area contributed by atoms with Gasteiger partial charge in [-0.1, -0.05) is 17.7 Å². The highest BCUT2D eigenvalue weighted by Gasteiger charge is 2.20. The normalized spacial score (nSPS) is 10.6. The van der Waals surface area contributed by atoms with Crippen molar-refractivity contribution in [2.45, 2.75) is 33.9 Å². The van der Waals surface area contributed by atoms with E-state index >= 15 is 0 Å². The van der Waals surface area contributed by atoms with Crippen LogP contribution in [0, 0.1) is 19.7 Å². The Morgan fingerprint density at radius 1 is 1.20 bits per heavy atom. The van der Waals surface area contributed by atoms with Gasteiger partial charge >= 0.3 is 11.9 Å². The van der Waals surface area contributed by atoms with Crippen LogP contribution in [0.25, 0.3) is 0 Å². The van der Waals surface area contributed by atoms with E-state index in [1.54, 1.807) is 31.4 Å². The second-order valence-electron chi connectivity index (χ2n) is 6.70. The number of carbonyl (C=O) groups excluding carboxylic acids is 3. The first-order chi connectivity index (χ1) is 14.1. The molecule has 7 nitrogen and oxygen atoms in total. The largest absolute Gasteiger partial charge is 0.462 e. The van der Waals surface area contributed by atoms with Crippen LogP contribution in [0.15, 0.2) is 24.3 Å². The molecule has 0 bridgehead atoms. The Morgan fingerprint density at radius 2 is 1.90 bits per heavy atom. The second kappa shape index (κ2) is 10.2. The van der Waals surface area contributed by atoms with E-state index in [1.807, 2.05) is 0 Å². The van der Waals surface area contributed by atoms with Crippen LogP contribution in [0.5, 0.6) is 0 Å². The highest BCUT2D eigenvalue weighted by atomic mass is 35.5. The molecule has 0 saturated heterocycles. The lowest BCUT2D eigenvalue weighted by Gasteiger charge is -2.18.